The van der Waals surface area contributed by atoms with Gasteiger partial charge < -0.3 is 4.57 Å². The average Bonchev–Trinajstić information content (AvgIpc) is 2.84. The molecule has 0 N–H and O–H groups in total. The number of halogens is 3. The second kappa shape index (κ2) is 5.87. The number of rotatable bonds is 4. The van der Waals surface area contributed by atoms with Crippen molar-refractivity contribution in [1.82, 2.24) is 14.8 Å². The Morgan fingerprint density at radius 2 is 1.85 bits per heavy atom. The first-order valence-corrected chi connectivity index (χ1v) is 7.05. The third-order valence-electron chi connectivity index (χ3n) is 2.75. The highest BCUT2D eigenvalue weighted by atomic mass is 32.2. The number of thioether (sulfide) groups is 1. The lowest BCUT2D eigenvalue weighted by Gasteiger charge is -2.10. The van der Waals surface area contributed by atoms with Crippen LogP contribution in [0, 0.1) is 0 Å². The van der Waals surface area contributed by atoms with Gasteiger partial charge in [0.1, 0.15) is 6.33 Å². The second-order valence-electron chi connectivity index (χ2n) is 4.60. The van der Waals surface area contributed by atoms with Crippen molar-refractivity contribution in [2.45, 2.75) is 37.0 Å². The van der Waals surface area contributed by atoms with Gasteiger partial charge in [-0.05, 0) is 31.5 Å². The Labute approximate surface area is 119 Å². The van der Waals surface area contributed by atoms with Crippen molar-refractivity contribution >= 4 is 11.8 Å². The van der Waals surface area contributed by atoms with E-state index in [4.69, 9.17) is 0 Å². The molecular weight excluding hydrogens is 287 g/mol. The molecule has 1 aromatic carbocycles. The zero-order valence-electron chi connectivity index (χ0n) is 11.1. The summed E-state index contributed by atoms with van der Waals surface area (Å²) < 4.78 is 39.3. The van der Waals surface area contributed by atoms with Crippen LogP contribution in [0.15, 0.2) is 35.7 Å². The van der Waals surface area contributed by atoms with Crippen LogP contribution in [0.2, 0.25) is 0 Å². The van der Waals surface area contributed by atoms with E-state index in [1.165, 1.54) is 23.9 Å². The molecule has 0 atom stereocenters. The fourth-order valence-corrected chi connectivity index (χ4v) is 2.63. The molecule has 0 aliphatic rings. The van der Waals surface area contributed by atoms with Crippen LogP contribution in [-0.4, -0.2) is 14.8 Å². The maximum Gasteiger partial charge on any atom is 0.416 e. The molecule has 0 spiro atoms. The van der Waals surface area contributed by atoms with E-state index in [0.29, 0.717) is 5.75 Å². The average molecular weight is 301 g/mol. The lowest BCUT2D eigenvalue weighted by atomic mass is 10.1. The molecule has 2 aromatic rings. The van der Waals surface area contributed by atoms with Gasteiger partial charge in [-0.2, -0.15) is 13.2 Å². The Morgan fingerprint density at radius 3 is 2.40 bits per heavy atom. The number of benzene rings is 1. The summed E-state index contributed by atoms with van der Waals surface area (Å²) >= 11 is 1.46. The molecule has 0 radical (unpaired) electrons. The monoisotopic (exact) mass is 301 g/mol. The second-order valence-corrected chi connectivity index (χ2v) is 5.54. The van der Waals surface area contributed by atoms with Gasteiger partial charge in [-0.3, -0.25) is 0 Å². The summed E-state index contributed by atoms with van der Waals surface area (Å²) in [6, 6.07) is 5.43. The molecule has 20 heavy (non-hydrogen) atoms. The Morgan fingerprint density at radius 1 is 1.20 bits per heavy atom. The van der Waals surface area contributed by atoms with Gasteiger partial charge in [-0.15, -0.1) is 10.2 Å². The van der Waals surface area contributed by atoms with Crippen LogP contribution in [0.4, 0.5) is 13.2 Å². The predicted octanol–water partition coefficient (Wildman–Crippen LogP) is 4.17. The van der Waals surface area contributed by atoms with Crippen LogP contribution < -0.4 is 0 Å². The van der Waals surface area contributed by atoms with E-state index in [0.717, 1.165) is 22.9 Å². The summed E-state index contributed by atoms with van der Waals surface area (Å²) in [6.45, 7) is 4.04. The fraction of sp³-hybridized carbons (Fsp3) is 0.385. The van der Waals surface area contributed by atoms with E-state index in [-0.39, 0.29) is 6.04 Å². The molecule has 0 saturated heterocycles. The molecule has 1 aromatic heterocycles. The molecular formula is C13H14F3N3S. The topological polar surface area (TPSA) is 30.7 Å². The number of hydrogen-bond acceptors (Lipinski definition) is 3. The standard InChI is InChI=1S/C13H14F3N3S/c1-9(2)19-8-17-18-12(19)20-7-10-3-5-11(6-4-10)13(14,15)16/h3-6,8-9H,7H2,1-2H3. The zero-order valence-corrected chi connectivity index (χ0v) is 11.9. The highest BCUT2D eigenvalue weighted by molar-refractivity contribution is 7.98. The van der Waals surface area contributed by atoms with Crippen LogP contribution in [0.3, 0.4) is 0 Å². The van der Waals surface area contributed by atoms with Crippen molar-refractivity contribution in [3.8, 4) is 0 Å². The zero-order chi connectivity index (χ0) is 14.8. The number of nitrogens with zero attached hydrogens (tertiary/aromatic N) is 3. The van der Waals surface area contributed by atoms with E-state index in [9.17, 15) is 13.2 Å². The number of aromatic nitrogens is 3. The van der Waals surface area contributed by atoms with Gasteiger partial charge in [0.25, 0.3) is 0 Å². The minimum Gasteiger partial charge on any atom is -0.306 e. The lowest BCUT2D eigenvalue weighted by Crippen LogP contribution is -2.04. The molecule has 0 fully saturated rings. The maximum absolute atomic E-state index is 12.4. The van der Waals surface area contributed by atoms with Gasteiger partial charge in [0.2, 0.25) is 0 Å². The molecule has 0 aliphatic carbocycles. The molecule has 1 heterocycles. The van der Waals surface area contributed by atoms with Crippen LogP contribution in [0.25, 0.3) is 0 Å². The third kappa shape index (κ3) is 3.53. The summed E-state index contributed by atoms with van der Waals surface area (Å²) in [5.74, 6) is 0.559. The lowest BCUT2D eigenvalue weighted by molar-refractivity contribution is -0.137. The smallest absolute Gasteiger partial charge is 0.306 e. The maximum atomic E-state index is 12.4. The van der Waals surface area contributed by atoms with Crippen molar-refractivity contribution < 1.29 is 13.2 Å². The van der Waals surface area contributed by atoms with E-state index in [2.05, 4.69) is 10.2 Å². The van der Waals surface area contributed by atoms with Crippen molar-refractivity contribution in [2.75, 3.05) is 0 Å². The van der Waals surface area contributed by atoms with Gasteiger partial charge in [0, 0.05) is 11.8 Å². The molecule has 0 aliphatic heterocycles. The van der Waals surface area contributed by atoms with Crippen LogP contribution >= 0.6 is 11.8 Å². The van der Waals surface area contributed by atoms with Gasteiger partial charge in [-0.1, -0.05) is 23.9 Å². The first kappa shape index (κ1) is 14.9. The molecule has 0 saturated carbocycles. The molecule has 0 bridgehead atoms. The quantitative estimate of drug-likeness (QED) is 0.794. The van der Waals surface area contributed by atoms with Gasteiger partial charge in [0.05, 0.1) is 5.56 Å². The highest BCUT2D eigenvalue weighted by Gasteiger charge is 2.29. The Balaban J connectivity index is 2.02. The van der Waals surface area contributed by atoms with Crippen molar-refractivity contribution in [2.24, 2.45) is 0 Å². The summed E-state index contributed by atoms with van der Waals surface area (Å²) in [7, 11) is 0. The van der Waals surface area contributed by atoms with E-state index < -0.39 is 11.7 Å². The largest absolute Gasteiger partial charge is 0.416 e. The third-order valence-corrected chi connectivity index (χ3v) is 3.77. The van der Waals surface area contributed by atoms with Gasteiger partial charge in [0.15, 0.2) is 5.16 Å². The van der Waals surface area contributed by atoms with E-state index in [1.807, 2.05) is 18.4 Å². The highest BCUT2D eigenvalue weighted by Crippen LogP contribution is 2.30. The van der Waals surface area contributed by atoms with Crippen LogP contribution in [0.5, 0.6) is 0 Å². The Bertz CT molecular complexity index is 561. The summed E-state index contributed by atoms with van der Waals surface area (Å²) in [6.07, 6.45) is -2.64. The molecule has 108 valence electrons. The number of hydrogen-bond donors (Lipinski definition) is 0. The molecule has 7 heteroatoms. The van der Waals surface area contributed by atoms with Crippen molar-refractivity contribution in [3.05, 3.63) is 41.7 Å². The van der Waals surface area contributed by atoms with Crippen LogP contribution in [0.1, 0.15) is 31.0 Å². The number of alkyl halides is 3. The minimum absolute atomic E-state index is 0.250. The van der Waals surface area contributed by atoms with Gasteiger partial charge >= 0.3 is 6.18 Å². The fourth-order valence-electron chi connectivity index (χ4n) is 1.63. The normalized spacial score (nSPS) is 12.1. The molecule has 3 nitrogen and oxygen atoms in total. The molecule has 0 amide bonds. The molecule has 2 rings (SSSR count). The first-order chi connectivity index (χ1) is 9.38. The van der Waals surface area contributed by atoms with E-state index >= 15 is 0 Å². The summed E-state index contributed by atoms with van der Waals surface area (Å²) in [5, 5.41) is 8.61. The minimum atomic E-state index is -4.29. The van der Waals surface area contributed by atoms with Crippen LogP contribution in [-0.2, 0) is 11.9 Å². The predicted molar refractivity (Wildman–Crippen MR) is 71.4 cm³/mol. The van der Waals surface area contributed by atoms with Crippen molar-refractivity contribution in [1.29, 1.82) is 0 Å². The SMILES string of the molecule is CC(C)n1cnnc1SCc1ccc(C(F)(F)F)cc1. The van der Waals surface area contributed by atoms with Crippen molar-refractivity contribution in [3.63, 3.8) is 0 Å². The summed E-state index contributed by atoms with van der Waals surface area (Å²) in [5.41, 5.74) is 0.193. The van der Waals surface area contributed by atoms with E-state index in [1.54, 1.807) is 6.33 Å². The summed E-state index contributed by atoms with van der Waals surface area (Å²) in [4.78, 5) is 0. The molecule has 0 unspecified atom stereocenters. The Kier molecular flexibility index (Phi) is 4.37. The first-order valence-electron chi connectivity index (χ1n) is 6.06. The van der Waals surface area contributed by atoms with Gasteiger partial charge in [-0.25, -0.2) is 0 Å². The Hall–Kier alpha value is -1.50.